The second-order valence-corrected chi connectivity index (χ2v) is 1.28. The van der Waals surface area contributed by atoms with Crippen molar-refractivity contribution >= 4 is 5.97 Å². The van der Waals surface area contributed by atoms with Crippen molar-refractivity contribution in [2.45, 2.75) is 6.92 Å². The first-order valence-electron chi connectivity index (χ1n) is 2.36. The fourth-order valence-corrected chi connectivity index (χ4v) is 0.226. The fourth-order valence-electron chi connectivity index (χ4n) is 0.226. The van der Waals surface area contributed by atoms with Crippen LogP contribution in [0.2, 0.25) is 0 Å². The quantitative estimate of drug-likeness (QED) is 0.264. The number of esters is 1. The third-order valence-corrected chi connectivity index (χ3v) is 0.501. The van der Waals surface area contributed by atoms with Gasteiger partial charge in [-0.05, 0) is 6.08 Å². The normalized spacial score (nSPS) is 10.0. The summed E-state index contributed by atoms with van der Waals surface area (Å²) in [7, 11) is 0. The van der Waals surface area contributed by atoms with E-state index in [1.54, 1.807) is 0 Å². The number of carbonyl (C=O) groups is 1. The molecule has 0 aromatic rings. The Morgan fingerprint density at radius 3 is 2.89 bits per heavy atom. The van der Waals surface area contributed by atoms with E-state index in [9.17, 15) is 4.79 Å². The lowest BCUT2D eigenvalue weighted by Gasteiger charge is -1.88. The molecule has 9 heavy (non-hydrogen) atoms. The van der Waals surface area contributed by atoms with E-state index in [0.29, 0.717) is 0 Å². The Morgan fingerprint density at radius 2 is 2.44 bits per heavy atom. The molecular formula is C5H8O4. The molecule has 0 aromatic heterocycles. The van der Waals surface area contributed by atoms with E-state index in [0.717, 1.165) is 6.26 Å². The van der Waals surface area contributed by atoms with Gasteiger partial charge in [0.15, 0.2) is 0 Å². The van der Waals surface area contributed by atoms with Gasteiger partial charge in [-0.1, -0.05) is 0 Å². The van der Waals surface area contributed by atoms with Gasteiger partial charge >= 0.3 is 5.97 Å². The SMILES string of the molecule is CC(=O)O/C=C/COO. The zero-order valence-electron chi connectivity index (χ0n) is 5.03. The lowest BCUT2D eigenvalue weighted by atomic mass is 10.7. The van der Waals surface area contributed by atoms with Gasteiger partial charge in [0.25, 0.3) is 0 Å². The largest absolute Gasteiger partial charge is 0.435 e. The van der Waals surface area contributed by atoms with Gasteiger partial charge in [-0.15, -0.1) is 0 Å². The van der Waals surface area contributed by atoms with Gasteiger partial charge in [-0.25, -0.2) is 4.89 Å². The molecule has 0 radical (unpaired) electrons. The predicted molar refractivity (Wildman–Crippen MR) is 29.5 cm³/mol. The minimum atomic E-state index is -0.399. The highest BCUT2D eigenvalue weighted by Gasteiger charge is 1.82. The van der Waals surface area contributed by atoms with Crippen molar-refractivity contribution in [2.24, 2.45) is 0 Å². The first kappa shape index (κ1) is 8.13. The van der Waals surface area contributed by atoms with E-state index in [4.69, 9.17) is 5.26 Å². The third-order valence-electron chi connectivity index (χ3n) is 0.501. The number of hydrogen-bond acceptors (Lipinski definition) is 4. The maximum atomic E-state index is 10.0. The summed E-state index contributed by atoms with van der Waals surface area (Å²) in [6.07, 6.45) is 2.51. The molecule has 0 aliphatic heterocycles. The predicted octanol–water partition coefficient (Wildman–Crippen LogP) is 0.553. The van der Waals surface area contributed by atoms with Crippen molar-refractivity contribution in [3.8, 4) is 0 Å². The first-order valence-corrected chi connectivity index (χ1v) is 2.36. The Bertz CT molecular complexity index is 108. The van der Waals surface area contributed by atoms with E-state index in [1.165, 1.54) is 13.0 Å². The first-order chi connectivity index (χ1) is 4.27. The summed E-state index contributed by atoms with van der Waals surface area (Å²) in [5.74, 6) is -0.399. The Balaban J connectivity index is 3.14. The highest BCUT2D eigenvalue weighted by atomic mass is 17.1. The van der Waals surface area contributed by atoms with Crippen LogP contribution < -0.4 is 0 Å². The molecule has 0 saturated carbocycles. The average molecular weight is 132 g/mol. The highest BCUT2D eigenvalue weighted by Crippen LogP contribution is 1.78. The van der Waals surface area contributed by atoms with Crippen LogP contribution in [0.15, 0.2) is 12.3 Å². The van der Waals surface area contributed by atoms with Gasteiger partial charge in [-0.2, -0.15) is 0 Å². The molecule has 0 heterocycles. The molecule has 0 aromatic carbocycles. The number of carbonyl (C=O) groups excluding carboxylic acids is 1. The molecule has 0 amide bonds. The molecule has 4 nitrogen and oxygen atoms in total. The van der Waals surface area contributed by atoms with Crippen molar-refractivity contribution in [3.05, 3.63) is 12.3 Å². The van der Waals surface area contributed by atoms with Crippen molar-refractivity contribution in [2.75, 3.05) is 6.61 Å². The Hall–Kier alpha value is -0.870. The minimum absolute atomic E-state index is 0.0211. The molecular weight excluding hydrogens is 124 g/mol. The average Bonchev–Trinajstić information content (AvgIpc) is 1.80. The van der Waals surface area contributed by atoms with E-state index >= 15 is 0 Å². The monoisotopic (exact) mass is 132 g/mol. The van der Waals surface area contributed by atoms with E-state index in [2.05, 4.69) is 9.62 Å². The number of rotatable bonds is 3. The van der Waals surface area contributed by atoms with Crippen LogP contribution in [-0.2, 0) is 14.4 Å². The van der Waals surface area contributed by atoms with Crippen LogP contribution in [0.4, 0.5) is 0 Å². The fraction of sp³-hybridized carbons (Fsp3) is 0.400. The zero-order valence-corrected chi connectivity index (χ0v) is 5.03. The number of ether oxygens (including phenoxy) is 1. The molecule has 4 heteroatoms. The Kier molecular flexibility index (Phi) is 4.76. The Morgan fingerprint density at radius 1 is 1.78 bits per heavy atom. The van der Waals surface area contributed by atoms with E-state index < -0.39 is 5.97 Å². The molecule has 0 saturated heterocycles. The molecule has 0 bridgehead atoms. The smallest absolute Gasteiger partial charge is 0.307 e. The summed E-state index contributed by atoms with van der Waals surface area (Å²) in [6.45, 7) is 1.30. The van der Waals surface area contributed by atoms with Gasteiger partial charge in [0.05, 0.1) is 6.26 Å². The zero-order chi connectivity index (χ0) is 7.11. The number of hydrogen-bond donors (Lipinski definition) is 1. The van der Waals surface area contributed by atoms with Crippen molar-refractivity contribution in [1.29, 1.82) is 0 Å². The van der Waals surface area contributed by atoms with E-state index in [-0.39, 0.29) is 6.61 Å². The summed E-state index contributed by atoms with van der Waals surface area (Å²) < 4.78 is 4.33. The summed E-state index contributed by atoms with van der Waals surface area (Å²) in [5, 5.41) is 7.74. The summed E-state index contributed by atoms with van der Waals surface area (Å²) in [5.41, 5.74) is 0. The van der Waals surface area contributed by atoms with Crippen LogP contribution in [0.25, 0.3) is 0 Å². The maximum absolute atomic E-state index is 10.0. The molecule has 0 spiro atoms. The minimum Gasteiger partial charge on any atom is -0.435 e. The van der Waals surface area contributed by atoms with Gasteiger partial charge in [-0.3, -0.25) is 10.1 Å². The standard InChI is InChI=1S/C5H8O4/c1-5(6)8-3-2-4-9-7/h2-3,7H,4H2,1H3/b3-2+. The molecule has 0 fully saturated rings. The lowest BCUT2D eigenvalue weighted by molar-refractivity contribution is -0.232. The van der Waals surface area contributed by atoms with Gasteiger partial charge in [0.1, 0.15) is 6.61 Å². The summed E-state index contributed by atoms with van der Waals surface area (Å²) in [6, 6.07) is 0. The van der Waals surface area contributed by atoms with Crippen LogP contribution in [0.3, 0.4) is 0 Å². The molecule has 0 unspecified atom stereocenters. The van der Waals surface area contributed by atoms with Crippen LogP contribution in [0, 0.1) is 0 Å². The van der Waals surface area contributed by atoms with Crippen LogP contribution >= 0.6 is 0 Å². The topological polar surface area (TPSA) is 55.8 Å². The Labute approximate surface area is 52.6 Å². The maximum Gasteiger partial charge on any atom is 0.307 e. The van der Waals surface area contributed by atoms with Gasteiger partial charge in [0, 0.05) is 6.92 Å². The highest BCUT2D eigenvalue weighted by molar-refractivity contribution is 5.66. The van der Waals surface area contributed by atoms with Crippen molar-refractivity contribution in [3.63, 3.8) is 0 Å². The second-order valence-electron chi connectivity index (χ2n) is 1.28. The molecule has 0 rings (SSSR count). The molecule has 52 valence electrons. The third kappa shape index (κ3) is 7.13. The van der Waals surface area contributed by atoms with Crippen LogP contribution in [0.1, 0.15) is 6.92 Å². The van der Waals surface area contributed by atoms with E-state index in [1.807, 2.05) is 0 Å². The molecule has 0 atom stereocenters. The van der Waals surface area contributed by atoms with Gasteiger partial charge < -0.3 is 4.74 Å². The van der Waals surface area contributed by atoms with Crippen molar-refractivity contribution in [1.82, 2.24) is 0 Å². The molecule has 1 N–H and O–H groups in total. The van der Waals surface area contributed by atoms with Crippen LogP contribution in [-0.4, -0.2) is 17.8 Å². The van der Waals surface area contributed by atoms with Crippen molar-refractivity contribution < 1.29 is 19.7 Å². The van der Waals surface area contributed by atoms with Crippen LogP contribution in [0.5, 0.6) is 0 Å². The molecule has 0 aliphatic rings. The summed E-state index contributed by atoms with van der Waals surface area (Å²) >= 11 is 0. The summed E-state index contributed by atoms with van der Waals surface area (Å²) in [4.78, 5) is 13.7. The molecule has 0 aliphatic carbocycles. The lowest BCUT2D eigenvalue weighted by Crippen LogP contribution is -1.90. The second kappa shape index (κ2) is 5.27. The van der Waals surface area contributed by atoms with Gasteiger partial charge in [0.2, 0.25) is 0 Å².